The second-order valence-corrected chi connectivity index (χ2v) is 8.89. The summed E-state index contributed by atoms with van der Waals surface area (Å²) in [4.78, 5) is 20.6. The van der Waals surface area contributed by atoms with Crippen LogP contribution in [0.15, 0.2) is 66.9 Å². The Kier molecular flexibility index (Phi) is 8.01. The van der Waals surface area contributed by atoms with Crippen molar-refractivity contribution in [3.63, 3.8) is 0 Å². The van der Waals surface area contributed by atoms with E-state index < -0.39 is 18.4 Å². The number of aromatic nitrogens is 2. The highest BCUT2D eigenvalue weighted by atomic mass is 32.1. The summed E-state index contributed by atoms with van der Waals surface area (Å²) >= 11 is 1.32. The van der Waals surface area contributed by atoms with E-state index in [0.717, 1.165) is 0 Å². The van der Waals surface area contributed by atoms with Crippen molar-refractivity contribution in [1.82, 2.24) is 9.97 Å². The molecule has 0 aliphatic heterocycles. The van der Waals surface area contributed by atoms with Gasteiger partial charge in [-0.15, -0.1) is 24.5 Å². The molecule has 0 fully saturated rings. The minimum absolute atomic E-state index is 0.113. The molecule has 38 heavy (non-hydrogen) atoms. The number of rotatable bonds is 10. The minimum Gasteiger partial charge on any atom is -0.486 e. The summed E-state index contributed by atoms with van der Waals surface area (Å²) in [6.07, 6.45) is -4.18. The Hall–Kier alpha value is -4.32. The van der Waals surface area contributed by atoms with Gasteiger partial charge in [0.15, 0.2) is 6.10 Å². The van der Waals surface area contributed by atoms with Crippen LogP contribution in [0.4, 0.5) is 13.2 Å². The number of alkyl halides is 3. The minimum atomic E-state index is -4.78. The number of thiazole rings is 1. The van der Waals surface area contributed by atoms with Gasteiger partial charge in [-0.25, -0.2) is 14.8 Å². The van der Waals surface area contributed by atoms with Gasteiger partial charge in [0.2, 0.25) is 5.88 Å². The molecular formula is C26H21F3N2O6S. The van der Waals surface area contributed by atoms with Gasteiger partial charge in [-0.2, -0.15) is 0 Å². The molecule has 8 nitrogen and oxygen atoms in total. The molecule has 12 heteroatoms. The zero-order chi connectivity index (χ0) is 27.3. The Labute approximate surface area is 219 Å². The molecule has 0 amide bonds. The van der Waals surface area contributed by atoms with Crippen LogP contribution in [-0.2, 0) is 11.4 Å². The fraction of sp³-hybridized carbons (Fsp3) is 0.192. The third-order valence-corrected chi connectivity index (χ3v) is 6.17. The summed E-state index contributed by atoms with van der Waals surface area (Å²) in [6.45, 7) is 1.54. The van der Waals surface area contributed by atoms with E-state index in [9.17, 15) is 18.0 Å². The standard InChI is InChI=1S/C26H21F3N2O6S/c1-15(25(32)33)36-19-10-8-18(9-11-19)35-14-22-31-23(17-5-12-21(34-2)30-13-17)24(38-22)16-3-6-20(7-4-16)37-26(27,28)29/h3-13,15H,14H2,1-2H3,(H,32,33). The summed E-state index contributed by atoms with van der Waals surface area (Å²) in [6, 6.07) is 15.5. The molecule has 1 atom stereocenters. The zero-order valence-electron chi connectivity index (χ0n) is 20.1. The first-order valence-corrected chi connectivity index (χ1v) is 11.9. The quantitative estimate of drug-likeness (QED) is 0.251. The maximum absolute atomic E-state index is 12.6. The van der Waals surface area contributed by atoms with Crippen molar-refractivity contribution < 1.29 is 42.0 Å². The Balaban J connectivity index is 1.56. The topological polar surface area (TPSA) is 100 Å². The van der Waals surface area contributed by atoms with Crippen LogP contribution in [0.3, 0.4) is 0 Å². The van der Waals surface area contributed by atoms with Crippen LogP contribution >= 0.6 is 11.3 Å². The van der Waals surface area contributed by atoms with Gasteiger partial charge in [-0.1, -0.05) is 0 Å². The lowest BCUT2D eigenvalue weighted by molar-refractivity contribution is -0.274. The maximum Gasteiger partial charge on any atom is 0.573 e. The number of carbonyl (C=O) groups is 1. The summed E-state index contributed by atoms with van der Waals surface area (Å²) in [5.74, 6) is -0.0789. The van der Waals surface area contributed by atoms with Crippen LogP contribution < -0.4 is 18.9 Å². The van der Waals surface area contributed by atoms with Gasteiger partial charge in [0.1, 0.15) is 28.9 Å². The average molecular weight is 547 g/mol. The van der Waals surface area contributed by atoms with Gasteiger partial charge in [0, 0.05) is 17.8 Å². The number of aliphatic carboxylic acids is 1. The fourth-order valence-electron chi connectivity index (χ4n) is 3.28. The van der Waals surface area contributed by atoms with Crippen LogP contribution in [0.5, 0.6) is 23.1 Å². The number of hydrogen-bond donors (Lipinski definition) is 1. The van der Waals surface area contributed by atoms with Crippen molar-refractivity contribution in [2.45, 2.75) is 26.0 Å². The van der Waals surface area contributed by atoms with Gasteiger partial charge in [0.25, 0.3) is 0 Å². The molecule has 0 radical (unpaired) electrons. The Morgan fingerprint density at radius 1 is 0.974 bits per heavy atom. The number of halogens is 3. The zero-order valence-corrected chi connectivity index (χ0v) is 20.9. The molecule has 198 valence electrons. The normalized spacial score (nSPS) is 12.0. The van der Waals surface area contributed by atoms with E-state index in [1.165, 1.54) is 49.6 Å². The number of carboxylic acids is 1. The first kappa shape index (κ1) is 26.7. The number of carboxylic acid groups (broad SMARTS) is 1. The molecule has 2 aromatic carbocycles. The van der Waals surface area contributed by atoms with Crippen LogP contribution in [0.25, 0.3) is 21.7 Å². The molecule has 0 saturated carbocycles. The van der Waals surface area contributed by atoms with Gasteiger partial charge in [-0.05, 0) is 67.1 Å². The lowest BCUT2D eigenvalue weighted by Gasteiger charge is -2.11. The van der Waals surface area contributed by atoms with E-state index in [0.29, 0.717) is 44.1 Å². The molecular weight excluding hydrogens is 525 g/mol. The van der Waals surface area contributed by atoms with Crippen molar-refractivity contribution in [2.24, 2.45) is 0 Å². The van der Waals surface area contributed by atoms with Crippen LogP contribution in [0, 0.1) is 0 Å². The van der Waals surface area contributed by atoms with Crippen molar-refractivity contribution >= 4 is 17.3 Å². The predicted octanol–water partition coefficient (Wildman–Crippen LogP) is 6.21. The van der Waals surface area contributed by atoms with Crippen LogP contribution in [-0.4, -0.2) is 40.6 Å². The molecule has 1 unspecified atom stereocenters. The summed E-state index contributed by atoms with van der Waals surface area (Å²) in [7, 11) is 1.50. The molecule has 2 aromatic heterocycles. The predicted molar refractivity (Wildman–Crippen MR) is 133 cm³/mol. The second-order valence-electron chi connectivity index (χ2n) is 7.81. The van der Waals surface area contributed by atoms with Gasteiger partial charge < -0.3 is 24.1 Å². The van der Waals surface area contributed by atoms with Gasteiger partial charge in [-0.3, -0.25) is 0 Å². The number of ether oxygens (including phenoxy) is 4. The number of methoxy groups -OCH3 is 1. The maximum atomic E-state index is 12.6. The first-order valence-electron chi connectivity index (χ1n) is 11.1. The number of benzene rings is 2. The van der Waals surface area contributed by atoms with Crippen molar-refractivity contribution in [3.8, 4) is 44.8 Å². The van der Waals surface area contributed by atoms with E-state index in [1.54, 1.807) is 42.6 Å². The molecule has 1 N–H and O–H groups in total. The number of pyridine rings is 1. The summed E-state index contributed by atoms with van der Waals surface area (Å²) < 4.78 is 57.9. The molecule has 2 heterocycles. The summed E-state index contributed by atoms with van der Waals surface area (Å²) in [5.41, 5.74) is 1.91. The largest absolute Gasteiger partial charge is 0.573 e. The fourth-order valence-corrected chi connectivity index (χ4v) is 4.29. The van der Waals surface area contributed by atoms with Crippen molar-refractivity contribution in [1.29, 1.82) is 0 Å². The van der Waals surface area contributed by atoms with Gasteiger partial charge in [0.05, 0.1) is 17.7 Å². The highest BCUT2D eigenvalue weighted by Gasteiger charge is 2.31. The molecule has 0 saturated heterocycles. The molecule has 0 spiro atoms. The van der Waals surface area contributed by atoms with E-state index in [2.05, 4.69) is 9.72 Å². The highest BCUT2D eigenvalue weighted by Crippen LogP contribution is 2.38. The molecule has 4 aromatic rings. The average Bonchev–Trinajstić information content (AvgIpc) is 3.32. The molecule has 0 aliphatic carbocycles. The smallest absolute Gasteiger partial charge is 0.486 e. The Morgan fingerprint density at radius 3 is 2.18 bits per heavy atom. The Bertz CT molecular complexity index is 1370. The van der Waals surface area contributed by atoms with E-state index in [-0.39, 0.29) is 12.4 Å². The van der Waals surface area contributed by atoms with Crippen molar-refractivity contribution in [2.75, 3.05) is 7.11 Å². The first-order chi connectivity index (χ1) is 18.1. The van der Waals surface area contributed by atoms with E-state index >= 15 is 0 Å². The lowest BCUT2D eigenvalue weighted by atomic mass is 10.1. The van der Waals surface area contributed by atoms with Crippen LogP contribution in [0.2, 0.25) is 0 Å². The number of hydrogen-bond acceptors (Lipinski definition) is 8. The third-order valence-electron chi connectivity index (χ3n) is 5.09. The number of nitrogens with zero attached hydrogens (tertiary/aromatic N) is 2. The molecule has 0 aliphatic rings. The lowest BCUT2D eigenvalue weighted by Crippen LogP contribution is -2.22. The van der Waals surface area contributed by atoms with Crippen molar-refractivity contribution in [3.05, 3.63) is 71.9 Å². The third kappa shape index (κ3) is 6.91. The van der Waals surface area contributed by atoms with E-state index in [1.807, 2.05) is 0 Å². The molecule has 4 rings (SSSR count). The van der Waals surface area contributed by atoms with Crippen LogP contribution in [0.1, 0.15) is 11.9 Å². The Morgan fingerprint density at radius 2 is 1.61 bits per heavy atom. The highest BCUT2D eigenvalue weighted by molar-refractivity contribution is 7.15. The van der Waals surface area contributed by atoms with E-state index in [4.69, 9.17) is 24.3 Å². The summed E-state index contributed by atoms with van der Waals surface area (Å²) in [5, 5.41) is 9.58. The van der Waals surface area contributed by atoms with Gasteiger partial charge >= 0.3 is 12.3 Å². The SMILES string of the molecule is COc1ccc(-c2nc(COc3ccc(OC(C)C(=O)O)cc3)sc2-c2ccc(OC(F)(F)F)cc2)cn1. The second kappa shape index (κ2) is 11.4. The monoisotopic (exact) mass is 546 g/mol. The molecule has 0 bridgehead atoms.